The van der Waals surface area contributed by atoms with Crippen molar-refractivity contribution >= 4 is 44.6 Å². The molecule has 0 aromatic carbocycles. The second-order valence-corrected chi connectivity index (χ2v) is 6.64. The fraction of sp³-hybridized carbons (Fsp3) is 0.583. The predicted octanol–water partition coefficient (Wildman–Crippen LogP) is 2.94. The molecule has 0 aliphatic heterocycles. The molecule has 1 rings (SSSR count). The van der Waals surface area contributed by atoms with Crippen LogP contribution in [-0.4, -0.2) is 31.4 Å². The molecule has 1 aromatic heterocycles. The molecule has 0 spiro atoms. The van der Waals surface area contributed by atoms with Crippen molar-refractivity contribution in [2.24, 2.45) is 0 Å². The molecular formula is C12H19BrN2OS2. The van der Waals surface area contributed by atoms with Crippen LogP contribution in [-0.2, 0) is 11.2 Å². The number of halogens is 1. The van der Waals surface area contributed by atoms with Gasteiger partial charge in [-0.15, -0.1) is 11.3 Å². The summed E-state index contributed by atoms with van der Waals surface area (Å²) in [7, 11) is 0. The molecule has 0 radical (unpaired) electrons. The van der Waals surface area contributed by atoms with Crippen LogP contribution in [0, 0.1) is 0 Å². The van der Waals surface area contributed by atoms with Gasteiger partial charge in [0.05, 0.1) is 3.79 Å². The standard InChI is InChI=1S/C12H19BrN2OS2/c1-2-16-9-3-7-14-12(17)15-8-6-10-4-5-11(13)18-10/h4-5H,2-3,6-9H2,1H3,(H2,14,15,17). The van der Waals surface area contributed by atoms with Crippen LogP contribution in [0.15, 0.2) is 15.9 Å². The normalized spacial score (nSPS) is 10.3. The van der Waals surface area contributed by atoms with E-state index in [1.807, 2.05) is 6.92 Å². The highest BCUT2D eigenvalue weighted by molar-refractivity contribution is 9.11. The average Bonchev–Trinajstić information content (AvgIpc) is 2.75. The Labute approximate surface area is 126 Å². The summed E-state index contributed by atoms with van der Waals surface area (Å²) in [5.74, 6) is 0. The summed E-state index contributed by atoms with van der Waals surface area (Å²) in [6, 6.07) is 4.21. The van der Waals surface area contributed by atoms with Crippen molar-refractivity contribution in [1.29, 1.82) is 0 Å². The Hall–Kier alpha value is -0.170. The largest absolute Gasteiger partial charge is 0.382 e. The van der Waals surface area contributed by atoms with E-state index in [1.165, 1.54) is 8.66 Å². The number of hydrogen-bond acceptors (Lipinski definition) is 3. The van der Waals surface area contributed by atoms with Crippen LogP contribution in [0.4, 0.5) is 0 Å². The number of ether oxygens (including phenoxy) is 1. The van der Waals surface area contributed by atoms with E-state index >= 15 is 0 Å². The molecule has 2 N–H and O–H groups in total. The van der Waals surface area contributed by atoms with Crippen molar-refractivity contribution in [2.75, 3.05) is 26.3 Å². The SMILES string of the molecule is CCOCCCNC(=S)NCCc1ccc(Br)s1. The Morgan fingerprint density at radius 1 is 1.39 bits per heavy atom. The smallest absolute Gasteiger partial charge is 0.166 e. The highest BCUT2D eigenvalue weighted by Gasteiger charge is 1.99. The maximum atomic E-state index is 5.25. The predicted molar refractivity (Wildman–Crippen MR) is 85.4 cm³/mol. The molecule has 0 atom stereocenters. The van der Waals surface area contributed by atoms with Crippen LogP contribution in [0.3, 0.4) is 0 Å². The quantitative estimate of drug-likeness (QED) is 0.557. The van der Waals surface area contributed by atoms with Gasteiger partial charge in [-0.25, -0.2) is 0 Å². The molecule has 0 aliphatic carbocycles. The summed E-state index contributed by atoms with van der Waals surface area (Å²) >= 11 is 10.4. The first kappa shape index (κ1) is 15.9. The Kier molecular flexibility index (Phi) is 8.58. The molecule has 0 saturated carbocycles. The highest BCUT2D eigenvalue weighted by Crippen LogP contribution is 2.21. The lowest BCUT2D eigenvalue weighted by Gasteiger charge is -2.09. The van der Waals surface area contributed by atoms with Gasteiger partial charge in [-0.2, -0.15) is 0 Å². The Bertz CT molecular complexity index is 358. The average molecular weight is 351 g/mol. The van der Waals surface area contributed by atoms with Crippen molar-refractivity contribution in [3.05, 3.63) is 20.8 Å². The lowest BCUT2D eigenvalue weighted by Crippen LogP contribution is -2.37. The maximum absolute atomic E-state index is 5.25. The van der Waals surface area contributed by atoms with Gasteiger partial charge in [0.1, 0.15) is 0 Å². The minimum atomic E-state index is 0.724. The van der Waals surface area contributed by atoms with E-state index in [0.29, 0.717) is 0 Å². The summed E-state index contributed by atoms with van der Waals surface area (Å²) in [5.41, 5.74) is 0. The number of hydrogen-bond donors (Lipinski definition) is 2. The molecule has 6 heteroatoms. The molecule has 0 amide bonds. The van der Waals surface area contributed by atoms with E-state index in [-0.39, 0.29) is 0 Å². The molecule has 18 heavy (non-hydrogen) atoms. The maximum Gasteiger partial charge on any atom is 0.166 e. The van der Waals surface area contributed by atoms with Crippen LogP contribution < -0.4 is 10.6 Å². The Morgan fingerprint density at radius 2 is 2.17 bits per heavy atom. The van der Waals surface area contributed by atoms with Gasteiger partial charge in [-0.1, -0.05) is 0 Å². The molecule has 0 saturated heterocycles. The van der Waals surface area contributed by atoms with Crippen molar-refractivity contribution in [2.45, 2.75) is 19.8 Å². The first-order valence-corrected chi connectivity index (χ1v) is 8.07. The summed E-state index contributed by atoms with van der Waals surface area (Å²) in [6.07, 6.45) is 1.98. The van der Waals surface area contributed by atoms with E-state index in [9.17, 15) is 0 Å². The van der Waals surface area contributed by atoms with Crippen LogP contribution in [0.25, 0.3) is 0 Å². The van der Waals surface area contributed by atoms with Crippen LogP contribution in [0.2, 0.25) is 0 Å². The van der Waals surface area contributed by atoms with Crippen LogP contribution in [0.5, 0.6) is 0 Å². The van der Waals surface area contributed by atoms with E-state index in [1.54, 1.807) is 11.3 Å². The lowest BCUT2D eigenvalue weighted by molar-refractivity contribution is 0.145. The first-order valence-electron chi connectivity index (χ1n) is 6.06. The zero-order valence-electron chi connectivity index (χ0n) is 10.5. The molecule has 0 bridgehead atoms. The second kappa shape index (κ2) is 9.72. The number of nitrogens with one attached hydrogen (secondary N) is 2. The molecule has 102 valence electrons. The van der Waals surface area contributed by atoms with E-state index in [0.717, 1.165) is 44.3 Å². The van der Waals surface area contributed by atoms with Gasteiger partial charge in [0.25, 0.3) is 0 Å². The molecule has 3 nitrogen and oxygen atoms in total. The van der Waals surface area contributed by atoms with Crippen LogP contribution in [0.1, 0.15) is 18.2 Å². The third-order valence-electron chi connectivity index (χ3n) is 2.24. The number of thiocarbonyl (C=S) groups is 1. The zero-order chi connectivity index (χ0) is 13.2. The third-order valence-corrected chi connectivity index (χ3v) is 4.21. The van der Waals surface area contributed by atoms with Gasteiger partial charge in [-0.05, 0) is 60.0 Å². The summed E-state index contributed by atoms with van der Waals surface area (Å²) in [6.45, 7) is 5.29. The van der Waals surface area contributed by atoms with Gasteiger partial charge in [-0.3, -0.25) is 0 Å². The molecule has 1 aromatic rings. The Morgan fingerprint density at radius 3 is 2.83 bits per heavy atom. The third kappa shape index (κ3) is 7.31. The summed E-state index contributed by atoms with van der Waals surface area (Å²) in [5, 5.41) is 7.09. The number of rotatable bonds is 8. The lowest BCUT2D eigenvalue weighted by atomic mass is 10.3. The summed E-state index contributed by atoms with van der Waals surface area (Å²) < 4.78 is 6.42. The number of thiophene rings is 1. The van der Waals surface area contributed by atoms with Crippen molar-refractivity contribution in [3.8, 4) is 0 Å². The highest BCUT2D eigenvalue weighted by atomic mass is 79.9. The van der Waals surface area contributed by atoms with Crippen molar-refractivity contribution in [1.82, 2.24) is 10.6 Å². The van der Waals surface area contributed by atoms with E-state index in [2.05, 4.69) is 38.7 Å². The molecule has 0 unspecified atom stereocenters. The van der Waals surface area contributed by atoms with Gasteiger partial charge < -0.3 is 15.4 Å². The second-order valence-electron chi connectivity index (χ2n) is 3.69. The molecule has 0 aliphatic rings. The minimum absolute atomic E-state index is 0.724. The van der Waals surface area contributed by atoms with Gasteiger partial charge in [0.2, 0.25) is 0 Å². The molecule has 1 heterocycles. The first-order chi connectivity index (χ1) is 8.72. The fourth-order valence-corrected chi connectivity index (χ4v) is 3.06. The summed E-state index contributed by atoms with van der Waals surface area (Å²) in [4.78, 5) is 1.36. The fourth-order valence-electron chi connectivity index (χ4n) is 1.37. The monoisotopic (exact) mass is 350 g/mol. The minimum Gasteiger partial charge on any atom is -0.382 e. The van der Waals surface area contributed by atoms with Crippen LogP contribution >= 0.6 is 39.5 Å². The van der Waals surface area contributed by atoms with Gasteiger partial charge in [0, 0.05) is 31.2 Å². The molecule has 0 fully saturated rings. The molecular weight excluding hydrogens is 332 g/mol. The topological polar surface area (TPSA) is 33.3 Å². The van der Waals surface area contributed by atoms with Gasteiger partial charge >= 0.3 is 0 Å². The van der Waals surface area contributed by atoms with E-state index < -0.39 is 0 Å². The van der Waals surface area contributed by atoms with E-state index in [4.69, 9.17) is 17.0 Å². The van der Waals surface area contributed by atoms with Crippen molar-refractivity contribution in [3.63, 3.8) is 0 Å². The Balaban J connectivity index is 2.00. The van der Waals surface area contributed by atoms with Gasteiger partial charge in [0.15, 0.2) is 5.11 Å². The zero-order valence-corrected chi connectivity index (χ0v) is 13.7. The van der Waals surface area contributed by atoms with Crippen molar-refractivity contribution < 1.29 is 4.74 Å².